The average molecular weight is 301 g/mol. The van der Waals surface area contributed by atoms with Crippen molar-refractivity contribution >= 4 is 17.4 Å². The van der Waals surface area contributed by atoms with E-state index in [1.807, 2.05) is 0 Å². The lowest BCUT2D eigenvalue weighted by Gasteiger charge is -2.09. The van der Waals surface area contributed by atoms with E-state index in [1.54, 1.807) is 24.3 Å². The SMILES string of the molecule is O=C(c1ccc(Cl)cc1)c1ccc(OC(F)(F)F)cc1. The van der Waals surface area contributed by atoms with E-state index >= 15 is 0 Å². The van der Waals surface area contributed by atoms with Crippen LogP contribution in [0.3, 0.4) is 0 Å². The van der Waals surface area contributed by atoms with Crippen LogP contribution in [0.25, 0.3) is 0 Å². The van der Waals surface area contributed by atoms with Crippen molar-refractivity contribution in [3.63, 3.8) is 0 Å². The molecule has 0 heterocycles. The molecule has 2 aromatic carbocycles. The van der Waals surface area contributed by atoms with Gasteiger partial charge < -0.3 is 4.74 Å². The molecule has 0 unspecified atom stereocenters. The fraction of sp³-hybridized carbons (Fsp3) is 0.0714. The van der Waals surface area contributed by atoms with Gasteiger partial charge in [0.1, 0.15) is 5.75 Å². The van der Waals surface area contributed by atoms with Crippen LogP contribution in [0.2, 0.25) is 5.02 Å². The van der Waals surface area contributed by atoms with Crippen LogP contribution in [0.5, 0.6) is 5.75 Å². The number of benzene rings is 2. The van der Waals surface area contributed by atoms with Crippen LogP contribution in [-0.4, -0.2) is 12.1 Å². The largest absolute Gasteiger partial charge is 0.573 e. The first-order valence-corrected chi connectivity index (χ1v) is 5.89. The summed E-state index contributed by atoms with van der Waals surface area (Å²) in [6.45, 7) is 0. The van der Waals surface area contributed by atoms with Gasteiger partial charge in [-0.3, -0.25) is 4.79 Å². The monoisotopic (exact) mass is 300 g/mol. The predicted octanol–water partition coefficient (Wildman–Crippen LogP) is 4.47. The number of halogens is 4. The van der Waals surface area contributed by atoms with E-state index in [0.717, 1.165) is 12.1 Å². The summed E-state index contributed by atoms with van der Waals surface area (Å²) in [6, 6.07) is 11.0. The Morgan fingerprint density at radius 2 is 1.35 bits per heavy atom. The van der Waals surface area contributed by atoms with Crippen LogP contribution >= 0.6 is 11.6 Å². The smallest absolute Gasteiger partial charge is 0.406 e. The Labute approximate surface area is 117 Å². The molecule has 0 saturated heterocycles. The van der Waals surface area contributed by atoms with E-state index < -0.39 is 6.36 Å². The van der Waals surface area contributed by atoms with Gasteiger partial charge in [0.15, 0.2) is 5.78 Å². The first-order chi connectivity index (χ1) is 9.35. The molecule has 6 heteroatoms. The second-order valence-corrected chi connectivity index (χ2v) is 4.34. The number of hydrogen-bond acceptors (Lipinski definition) is 2. The highest BCUT2D eigenvalue weighted by Crippen LogP contribution is 2.23. The Balaban J connectivity index is 2.17. The summed E-state index contributed by atoms with van der Waals surface area (Å²) < 4.78 is 39.7. The van der Waals surface area contributed by atoms with Crippen molar-refractivity contribution in [1.29, 1.82) is 0 Å². The van der Waals surface area contributed by atoms with Gasteiger partial charge in [-0.05, 0) is 48.5 Å². The standard InChI is InChI=1S/C14H8ClF3O2/c15-11-5-1-9(2-6-11)13(19)10-3-7-12(8-4-10)20-14(16,17)18/h1-8H. The van der Waals surface area contributed by atoms with Crippen molar-refractivity contribution < 1.29 is 22.7 Å². The molecular formula is C14H8ClF3O2. The molecule has 0 spiro atoms. The molecule has 0 N–H and O–H groups in total. The third-order valence-corrected chi connectivity index (χ3v) is 2.71. The molecule has 0 bridgehead atoms. The quantitative estimate of drug-likeness (QED) is 0.782. The Kier molecular flexibility index (Phi) is 3.99. The maximum absolute atomic E-state index is 12.0. The first kappa shape index (κ1) is 14.4. The number of ether oxygens (including phenoxy) is 1. The molecule has 0 amide bonds. The zero-order valence-electron chi connectivity index (χ0n) is 9.95. The molecule has 0 saturated carbocycles. The summed E-state index contributed by atoms with van der Waals surface area (Å²) in [5.74, 6) is -0.676. The van der Waals surface area contributed by atoms with Crippen LogP contribution in [0.15, 0.2) is 48.5 Å². The van der Waals surface area contributed by atoms with Crippen LogP contribution < -0.4 is 4.74 Å². The van der Waals surface area contributed by atoms with Gasteiger partial charge in [0, 0.05) is 16.1 Å². The molecule has 0 aliphatic rings. The van der Waals surface area contributed by atoms with Crippen molar-refractivity contribution in [2.45, 2.75) is 6.36 Å². The van der Waals surface area contributed by atoms with Gasteiger partial charge >= 0.3 is 6.36 Å². The Bertz CT molecular complexity index is 604. The number of ketones is 1. The molecule has 0 radical (unpaired) electrons. The third-order valence-electron chi connectivity index (χ3n) is 2.46. The van der Waals surface area contributed by atoms with Crippen LogP contribution in [-0.2, 0) is 0 Å². The van der Waals surface area contributed by atoms with E-state index in [2.05, 4.69) is 4.74 Å². The number of rotatable bonds is 3. The molecule has 104 valence electrons. The van der Waals surface area contributed by atoms with Crippen molar-refractivity contribution in [1.82, 2.24) is 0 Å². The number of alkyl halides is 3. The van der Waals surface area contributed by atoms with Crippen molar-refractivity contribution in [2.24, 2.45) is 0 Å². The summed E-state index contributed by atoms with van der Waals surface area (Å²) in [5.41, 5.74) is 0.667. The maximum atomic E-state index is 12.0. The lowest BCUT2D eigenvalue weighted by atomic mass is 10.0. The average Bonchev–Trinajstić information content (AvgIpc) is 2.38. The number of carbonyl (C=O) groups is 1. The highest BCUT2D eigenvalue weighted by Gasteiger charge is 2.31. The molecular weight excluding hydrogens is 293 g/mol. The zero-order chi connectivity index (χ0) is 14.8. The number of carbonyl (C=O) groups excluding carboxylic acids is 1. The molecule has 0 aliphatic carbocycles. The lowest BCUT2D eigenvalue weighted by molar-refractivity contribution is -0.274. The van der Waals surface area contributed by atoms with Crippen LogP contribution in [0.4, 0.5) is 13.2 Å². The van der Waals surface area contributed by atoms with Gasteiger partial charge in [0.25, 0.3) is 0 Å². The van der Waals surface area contributed by atoms with Crippen molar-refractivity contribution in [3.8, 4) is 5.75 Å². The highest BCUT2D eigenvalue weighted by molar-refractivity contribution is 6.30. The topological polar surface area (TPSA) is 26.3 Å². The molecule has 0 aliphatic heterocycles. The summed E-state index contributed by atoms with van der Waals surface area (Å²) in [7, 11) is 0. The Morgan fingerprint density at radius 1 is 0.900 bits per heavy atom. The second kappa shape index (κ2) is 5.54. The van der Waals surface area contributed by atoms with E-state index in [-0.39, 0.29) is 17.1 Å². The van der Waals surface area contributed by atoms with Gasteiger partial charge in [-0.15, -0.1) is 13.2 Å². The first-order valence-electron chi connectivity index (χ1n) is 5.51. The van der Waals surface area contributed by atoms with Gasteiger partial charge in [0.05, 0.1) is 0 Å². The van der Waals surface area contributed by atoms with Crippen LogP contribution in [0, 0.1) is 0 Å². The van der Waals surface area contributed by atoms with E-state index in [1.165, 1.54) is 12.1 Å². The highest BCUT2D eigenvalue weighted by atomic mass is 35.5. The van der Waals surface area contributed by atoms with Crippen LogP contribution in [0.1, 0.15) is 15.9 Å². The fourth-order valence-electron chi connectivity index (χ4n) is 1.58. The van der Waals surface area contributed by atoms with E-state index in [9.17, 15) is 18.0 Å². The molecule has 20 heavy (non-hydrogen) atoms. The molecule has 2 nitrogen and oxygen atoms in total. The second-order valence-electron chi connectivity index (χ2n) is 3.91. The minimum Gasteiger partial charge on any atom is -0.406 e. The van der Waals surface area contributed by atoms with Gasteiger partial charge in [-0.25, -0.2) is 0 Å². The zero-order valence-corrected chi connectivity index (χ0v) is 10.7. The minimum absolute atomic E-state index is 0.266. The predicted molar refractivity (Wildman–Crippen MR) is 68.0 cm³/mol. The summed E-state index contributed by atoms with van der Waals surface area (Å²) in [4.78, 5) is 12.0. The summed E-state index contributed by atoms with van der Waals surface area (Å²) in [6.07, 6.45) is -4.75. The summed E-state index contributed by atoms with van der Waals surface area (Å²) >= 11 is 5.71. The Morgan fingerprint density at radius 3 is 1.80 bits per heavy atom. The Hall–Kier alpha value is -2.01. The normalized spacial score (nSPS) is 11.2. The molecule has 0 aromatic heterocycles. The number of hydrogen-bond donors (Lipinski definition) is 0. The van der Waals surface area contributed by atoms with Gasteiger partial charge in [-0.1, -0.05) is 11.6 Å². The molecule has 2 aromatic rings. The lowest BCUT2D eigenvalue weighted by Crippen LogP contribution is -2.17. The fourth-order valence-corrected chi connectivity index (χ4v) is 1.70. The van der Waals surface area contributed by atoms with E-state index in [4.69, 9.17) is 11.6 Å². The maximum Gasteiger partial charge on any atom is 0.573 e. The van der Waals surface area contributed by atoms with Gasteiger partial charge in [0.2, 0.25) is 0 Å². The third kappa shape index (κ3) is 3.74. The molecule has 2 rings (SSSR count). The summed E-state index contributed by atoms with van der Waals surface area (Å²) in [5, 5.41) is 0.496. The van der Waals surface area contributed by atoms with Crippen molar-refractivity contribution in [3.05, 3.63) is 64.7 Å². The molecule has 0 atom stereocenters. The van der Waals surface area contributed by atoms with Crippen molar-refractivity contribution in [2.75, 3.05) is 0 Å². The van der Waals surface area contributed by atoms with Gasteiger partial charge in [-0.2, -0.15) is 0 Å². The van der Waals surface area contributed by atoms with E-state index in [0.29, 0.717) is 10.6 Å². The molecule has 0 fully saturated rings. The minimum atomic E-state index is -4.75.